The molecule has 0 saturated carbocycles. The average molecular weight is 242 g/mol. The normalized spacial score (nSPS) is 20.6. The van der Waals surface area contributed by atoms with Crippen molar-refractivity contribution in [1.82, 2.24) is 10.2 Å². The molecule has 102 valence electrons. The average Bonchev–Trinajstić information content (AvgIpc) is 2.33. The van der Waals surface area contributed by atoms with Gasteiger partial charge in [-0.2, -0.15) is 0 Å². The molecule has 1 rings (SSSR count). The Balaban J connectivity index is 2.22. The minimum atomic E-state index is 0.684. The molecule has 3 nitrogen and oxygen atoms in total. The van der Waals surface area contributed by atoms with Crippen LogP contribution in [0.3, 0.4) is 0 Å². The molecule has 0 aliphatic carbocycles. The molecule has 1 aliphatic heterocycles. The van der Waals surface area contributed by atoms with Crippen molar-refractivity contribution in [3.8, 4) is 0 Å². The maximum Gasteiger partial charge on any atom is 0.0491 e. The molecule has 1 fully saturated rings. The fourth-order valence-corrected chi connectivity index (χ4v) is 2.78. The van der Waals surface area contributed by atoms with E-state index in [-0.39, 0.29) is 0 Å². The van der Waals surface area contributed by atoms with E-state index in [2.05, 4.69) is 24.1 Å². The molecule has 0 bridgehead atoms. The molecule has 1 N–H and O–H groups in total. The highest BCUT2D eigenvalue weighted by atomic mass is 16.5. The standard InChI is InChI=1S/C14H30N2O/c1-4-6-14(15-5-2)11-16-9-7-13(8-10-16)12-17-3/h13-15H,4-12H2,1-3H3. The summed E-state index contributed by atoms with van der Waals surface area (Å²) in [4.78, 5) is 2.62. The zero-order chi connectivity index (χ0) is 12.5. The maximum absolute atomic E-state index is 5.24. The second-order valence-corrected chi connectivity index (χ2v) is 5.24. The summed E-state index contributed by atoms with van der Waals surface area (Å²) in [7, 11) is 1.81. The molecular formula is C14H30N2O. The topological polar surface area (TPSA) is 24.5 Å². The van der Waals surface area contributed by atoms with E-state index in [1.807, 2.05) is 7.11 Å². The van der Waals surface area contributed by atoms with Crippen LogP contribution in [-0.4, -0.2) is 50.8 Å². The van der Waals surface area contributed by atoms with Gasteiger partial charge in [0.05, 0.1) is 0 Å². The van der Waals surface area contributed by atoms with Crippen molar-refractivity contribution >= 4 is 0 Å². The molecule has 0 spiro atoms. The molecule has 17 heavy (non-hydrogen) atoms. The third-order valence-corrected chi connectivity index (χ3v) is 3.72. The molecule has 1 unspecified atom stereocenters. The van der Waals surface area contributed by atoms with Gasteiger partial charge in [-0.3, -0.25) is 0 Å². The van der Waals surface area contributed by atoms with Crippen LogP contribution >= 0.6 is 0 Å². The number of piperidine rings is 1. The summed E-state index contributed by atoms with van der Waals surface area (Å²) in [5, 5.41) is 3.60. The van der Waals surface area contributed by atoms with Crippen LogP contribution in [-0.2, 0) is 4.74 Å². The number of nitrogens with one attached hydrogen (secondary N) is 1. The van der Waals surface area contributed by atoms with Gasteiger partial charge in [-0.25, -0.2) is 0 Å². The van der Waals surface area contributed by atoms with Gasteiger partial charge >= 0.3 is 0 Å². The third-order valence-electron chi connectivity index (χ3n) is 3.72. The number of rotatable bonds is 8. The number of likely N-dealkylation sites (tertiary alicyclic amines) is 1. The fourth-order valence-electron chi connectivity index (χ4n) is 2.78. The lowest BCUT2D eigenvalue weighted by Crippen LogP contribution is -2.44. The quantitative estimate of drug-likeness (QED) is 0.705. The lowest BCUT2D eigenvalue weighted by molar-refractivity contribution is 0.0947. The highest BCUT2D eigenvalue weighted by Crippen LogP contribution is 2.17. The van der Waals surface area contributed by atoms with Gasteiger partial charge in [0.15, 0.2) is 0 Å². The van der Waals surface area contributed by atoms with Crippen molar-refractivity contribution in [2.45, 2.75) is 45.6 Å². The predicted molar refractivity (Wildman–Crippen MR) is 73.4 cm³/mol. The lowest BCUT2D eigenvalue weighted by atomic mass is 9.97. The first-order chi connectivity index (χ1) is 8.30. The van der Waals surface area contributed by atoms with Crippen molar-refractivity contribution < 1.29 is 4.74 Å². The molecule has 0 aromatic carbocycles. The zero-order valence-electron chi connectivity index (χ0n) is 11.9. The number of hydrogen-bond donors (Lipinski definition) is 1. The molecule has 1 atom stereocenters. The van der Waals surface area contributed by atoms with E-state index < -0.39 is 0 Å². The molecule has 0 radical (unpaired) electrons. The van der Waals surface area contributed by atoms with Gasteiger partial charge in [0, 0.05) is 26.3 Å². The highest BCUT2D eigenvalue weighted by molar-refractivity contribution is 4.77. The molecule has 1 aliphatic rings. The van der Waals surface area contributed by atoms with Gasteiger partial charge in [-0.1, -0.05) is 20.3 Å². The van der Waals surface area contributed by atoms with Gasteiger partial charge in [0.2, 0.25) is 0 Å². The number of ether oxygens (including phenoxy) is 1. The molecular weight excluding hydrogens is 212 g/mol. The van der Waals surface area contributed by atoms with Gasteiger partial charge in [-0.05, 0) is 44.8 Å². The lowest BCUT2D eigenvalue weighted by Gasteiger charge is -2.34. The third kappa shape index (κ3) is 5.84. The first-order valence-corrected chi connectivity index (χ1v) is 7.24. The van der Waals surface area contributed by atoms with Crippen LogP contribution in [0.2, 0.25) is 0 Å². The minimum absolute atomic E-state index is 0.684. The molecule has 3 heteroatoms. The van der Waals surface area contributed by atoms with E-state index in [9.17, 15) is 0 Å². The molecule has 0 aromatic heterocycles. The van der Waals surface area contributed by atoms with Crippen LogP contribution in [0.15, 0.2) is 0 Å². The Bertz CT molecular complexity index is 173. The van der Waals surface area contributed by atoms with Crippen LogP contribution in [0, 0.1) is 5.92 Å². The van der Waals surface area contributed by atoms with E-state index in [4.69, 9.17) is 4.74 Å². The Morgan fingerprint density at radius 2 is 2.00 bits per heavy atom. The summed E-state index contributed by atoms with van der Waals surface area (Å²) >= 11 is 0. The summed E-state index contributed by atoms with van der Waals surface area (Å²) in [6, 6.07) is 0.684. The van der Waals surface area contributed by atoms with Crippen LogP contribution in [0.1, 0.15) is 39.5 Å². The first-order valence-electron chi connectivity index (χ1n) is 7.24. The van der Waals surface area contributed by atoms with Crippen molar-refractivity contribution in [2.24, 2.45) is 5.92 Å². The van der Waals surface area contributed by atoms with E-state index >= 15 is 0 Å². The Labute approximate surface area is 107 Å². The molecule has 1 heterocycles. The minimum Gasteiger partial charge on any atom is -0.384 e. The zero-order valence-corrected chi connectivity index (χ0v) is 11.9. The number of likely N-dealkylation sites (N-methyl/N-ethyl adjacent to an activating group) is 1. The summed E-state index contributed by atoms with van der Waals surface area (Å²) in [6.07, 6.45) is 5.18. The molecule has 0 amide bonds. The molecule has 1 saturated heterocycles. The largest absolute Gasteiger partial charge is 0.384 e. The Morgan fingerprint density at radius 3 is 2.53 bits per heavy atom. The van der Waals surface area contributed by atoms with Crippen LogP contribution < -0.4 is 5.32 Å². The first kappa shape index (κ1) is 14.9. The number of hydrogen-bond acceptors (Lipinski definition) is 3. The van der Waals surface area contributed by atoms with Crippen molar-refractivity contribution in [2.75, 3.05) is 39.9 Å². The van der Waals surface area contributed by atoms with E-state index in [1.54, 1.807) is 0 Å². The van der Waals surface area contributed by atoms with Crippen LogP contribution in [0.25, 0.3) is 0 Å². The summed E-state index contributed by atoms with van der Waals surface area (Å²) in [6.45, 7) is 10.2. The van der Waals surface area contributed by atoms with E-state index in [0.717, 1.165) is 19.1 Å². The Morgan fingerprint density at radius 1 is 1.29 bits per heavy atom. The van der Waals surface area contributed by atoms with Crippen molar-refractivity contribution in [3.63, 3.8) is 0 Å². The van der Waals surface area contributed by atoms with Crippen LogP contribution in [0.5, 0.6) is 0 Å². The SMILES string of the molecule is CCCC(CN1CCC(COC)CC1)NCC. The van der Waals surface area contributed by atoms with Gasteiger partial charge in [-0.15, -0.1) is 0 Å². The monoisotopic (exact) mass is 242 g/mol. The Kier molecular flexibility index (Phi) is 7.82. The number of nitrogens with zero attached hydrogens (tertiary/aromatic N) is 1. The van der Waals surface area contributed by atoms with Crippen molar-refractivity contribution in [1.29, 1.82) is 0 Å². The maximum atomic E-state index is 5.24. The molecule has 0 aromatic rings. The summed E-state index contributed by atoms with van der Waals surface area (Å²) in [5.41, 5.74) is 0. The van der Waals surface area contributed by atoms with Crippen molar-refractivity contribution in [3.05, 3.63) is 0 Å². The fraction of sp³-hybridized carbons (Fsp3) is 1.00. The smallest absolute Gasteiger partial charge is 0.0491 e. The van der Waals surface area contributed by atoms with Gasteiger partial charge < -0.3 is 15.0 Å². The van der Waals surface area contributed by atoms with E-state index in [1.165, 1.54) is 45.3 Å². The van der Waals surface area contributed by atoms with E-state index in [0.29, 0.717) is 6.04 Å². The summed E-state index contributed by atoms with van der Waals surface area (Å²) < 4.78 is 5.24. The number of methoxy groups -OCH3 is 1. The predicted octanol–water partition coefficient (Wildman–Crippen LogP) is 2.12. The highest BCUT2D eigenvalue weighted by Gasteiger charge is 2.20. The van der Waals surface area contributed by atoms with Crippen LogP contribution in [0.4, 0.5) is 0 Å². The van der Waals surface area contributed by atoms with Gasteiger partial charge in [0.1, 0.15) is 0 Å². The van der Waals surface area contributed by atoms with Gasteiger partial charge in [0.25, 0.3) is 0 Å². The second kappa shape index (κ2) is 8.90. The summed E-state index contributed by atoms with van der Waals surface area (Å²) in [5.74, 6) is 0.792. The second-order valence-electron chi connectivity index (χ2n) is 5.24. The Hall–Kier alpha value is -0.120.